The third kappa shape index (κ3) is 4.95. The van der Waals surface area contributed by atoms with E-state index in [2.05, 4.69) is 41.8 Å². The van der Waals surface area contributed by atoms with Crippen molar-refractivity contribution >= 4 is 28.5 Å². The molecule has 0 aliphatic rings. The lowest BCUT2D eigenvalue weighted by Gasteiger charge is -2.19. The minimum atomic E-state index is 0.188. The molecule has 0 heterocycles. The van der Waals surface area contributed by atoms with Crippen LogP contribution >= 0.6 is 22.6 Å². The number of rotatable bonds is 5. The molecule has 0 saturated carbocycles. The van der Waals surface area contributed by atoms with Crippen LogP contribution in [0, 0.1) is 5.92 Å². The predicted octanol–water partition coefficient (Wildman–Crippen LogP) is 2.36. The average Bonchev–Trinajstić information content (AvgIpc) is 2.00. The summed E-state index contributed by atoms with van der Waals surface area (Å²) in [7, 11) is 0. The van der Waals surface area contributed by atoms with Crippen molar-refractivity contribution in [3.05, 3.63) is 0 Å². The standard InChI is InChI=1S/C9H18INO/c1-4-5-9(12)11-8(6-10)7(2)3/h7-8H,4-6H2,1-3H3,(H,11,12). The van der Waals surface area contributed by atoms with Gasteiger partial charge in [0.05, 0.1) is 0 Å². The zero-order valence-corrected chi connectivity index (χ0v) is 10.2. The first kappa shape index (κ1) is 12.2. The van der Waals surface area contributed by atoms with Crippen LogP contribution in [0.1, 0.15) is 33.6 Å². The van der Waals surface area contributed by atoms with Crippen LogP contribution < -0.4 is 5.32 Å². The maximum absolute atomic E-state index is 11.2. The lowest BCUT2D eigenvalue weighted by atomic mass is 10.1. The molecule has 0 aromatic rings. The van der Waals surface area contributed by atoms with Crippen LogP contribution in [-0.4, -0.2) is 16.4 Å². The lowest BCUT2D eigenvalue weighted by Crippen LogP contribution is -2.39. The molecule has 0 radical (unpaired) electrons. The molecule has 2 nitrogen and oxygen atoms in total. The van der Waals surface area contributed by atoms with E-state index in [9.17, 15) is 4.79 Å². The van der Waals surface area contributed by atoms with Crippen molar-refractivity contribution in [2.24, 2.45) is 5.92 Å². The van der Waals surface area contributed by atoms with Gasteiger partial charge in [0.25, 0.3) is 0 Å². The van der Waals surface area contributed by atoms with Crippen LogP contribution in [0.4, 0.5) is 0 Å². The maximum atomic E-state index is 11.2. The Kier molecular flexibility index (Phi) is 6.80. The molecule has 0 bridgehead atoms. The summed E-state index contributed by atoms with van der Waals surface area (Å²) in [5.41, 5.74) is 0. The van der Waals surface area contributed by atoms with Gasteiger partial charge in [-0.2, -0.15) is 0 Å². The molecule has 12 heavy (non-hydrogen) atoms. The Morgan fingerprint density at radius 1 is 1.50 bits per heavy atom. The number of alkyl halides is 1. The van der Waals surface area contributed by atoms with Crippen LogP contribution in [0.5, 0.6) is 0 Å². The van der Waals surface area contributed by atoms with Crippen LogP contribution in [0.3, 0.4) is 0 Å². The van der Waals surface area contributed by atoms with E-state index in [-0.39, 0.29) is 5.91 Å². The molecule has 1 amide bonds. The minimum absolute atomic E-state index is 0.188. The van der Waals surface area contributed by atoms with E-state index in [0.717, 1.165) is 10.8 Å². The number of hydrogen-bond donors (Lipinski definition) is 1. The van der Waals surface area contributed by atoms with Crippen molar-refractivity contribution in [3.8, 4) is 0 Å². The molecule has 0 saturated heterocycles. The highest BCUT2D eigenvalue weighted by atomic mass is 127. The average molecular weight is 283 g/mol. The highest BCUT2D eigenvalue weighted by Gasteiger charge is 2.13. The zero-order valence-electron chi connectivity index (χ0n) is 8.06. The third-order valence-corrected chi connectivity index (χ3v) is 2.74. The van der Waals surface area contributed by atoms with Gasteiger partial charge in [-0.15, -0.1) is 0 Å². The quantitative estimate of drug-likeness (QED) is 0.609. The highest BCUT2D eigenvalue weighted by Crippen LogP contribution is 2.05. The first-order valence-corrected chi connectivity index (χ1v) is 5.99. The molecule has 0 aliphatic heterocycles. The number of hydrogen-bond acceptors (Lipinski definition) is 1. The van der Waals surface area contributed by atoms with E-state index in [1.165, 1.54) is 0 Å². The normalized spacial score (nSPS) is 13.1. The molecule has 0 spiro atoms. The number of nitrogens with one attached hydrogen (secondary N) is 1. The van der Waals surface area contributed by atoms with E-state index in [0.29, 0.717) is 18.4 Å². The van der Waals surface area contributed by atoms with E-state index in [1.54, 1.807) is 0 Å². The van der Waals surface area contributed by atoms with Gasteiger partial charge in [-0.25, -0.2) is 0 Å². The van der Waals surface area contributed by atoms with Gasteiger partial charge in [-0.1, -0.05) is 43.4 Å². The summed E-state index contributed by atoms with van der Waals surface area (Å²) < 4.78 is 0.991. The maximum Gasteiger partial charge on any atom is 0.220 e. The summed E-state index contributed by atoms with van der Waals surface area (Å²) in [5.74, 6) is 0.718. The molecule has 1 atom stereocenters. The Labute approximate surface area is 88.6 Å². The molecular formula is C9H18INO. The first-order chi connectivity index (χ1) is 5.61. The Bertz CT molecular complexity index is 136. The fraction of sp³-hybridized carbons (Fsp3) is 0.889. The van der Waals surface area contributed by atoms with Crippen molar-refractivity contribution in [3.63, 3.8) is 0 Å². The van der Waals surface area contributed by atoms with Gasteiger partial charge in [0.15, 0.2) is 0 Å². The van der Waals surface area contributed by atoms with Gasteiger partial charge < -0.3 is 5.32 Å². The smallest absolute Gasteiger partial charge is 0.220 e. The summed E-state index contributed by atoms with van der Waals surface area (Å²) >= 11 is 2.31. The van der Waals surface area contributed by atoms with Crippen molar-refractivity contribution in [1.29, 1.82) is 0 Å². The number of carbonyl (C=O) groups excluding carboxylic acids is 1. The Morgan fingerprint density at radius 2 is 2.08 bits per heavy atom. The fourth-order valence-corrected chi connectivity index (χ4v) is 2.13. The van der Waals surface area contributed by atoms with Gasteiger partial charge in [-0.05, 0) is 12.3 Å². The molecule has 0 fully saturated rings. The van der Waals surface area contributed by atoms with Gasteiger partial charge in [0, 0.05) is 16.9 Å². The highest BCUT2D eigenvalue weighted by molar-refractivity contribution is 14.1. The van der Waals surface area contributed by atoms with Gasteiger partial charge in [0.2, 0.25) is 5.91 Å². The van der Waals surface area contributed by atoms with Gasteiger partial charge >= 0.3 is 0 Å². The number of carbonyl (C=O) groups is 1. The van der Waals surface area contributed by atoms with Crippen molar-refractivity contribution in [2.75, 3.05) is 4.43 Å². The Balaban J connectivity index is 3.77. The van der Waals surface area contributed by atoms with E-state index < -0.39 is 0 Å². The molecule has 0 aliphatic carbocycles. The van der Waals surface area contributed by atoms with Gasteiger partial charge in [-0.3, -0.25) is 4.79 Å². The topological polar surface area (TPSA) is 29.1 Å². The molecule has 0 aromatic carbocycles. The summed E-state index contributed by atoms with van der Waals surface area (Å²) in [5, 5.41) is 3.02. The van der Waals surface area contributed by atoms with Crippen LogP contribution in [0.2, 0.25) is 0 Å². The third-order valence-electron chi connectivity index (χ3n) is 1.79. The second kappa shape index (κ2) is 6.69. The summed E-state index contributed by atoms with van der Waals surface area (Å²) in [6.45, 7) is 6.29. The predicted molar refractivity (Wildman–Crippen MR) is 60.6 cm³/mol. The fourth-order valence-electron chi connectivity index (χ4n) is 0.889. The SMILES string of the molecule is CCCC(=O)NC(CI)C(C)C. The summed E-state index contributed by atoms with van der Waals surface area (Å²) in [6, 6.07) is 0.338. The lowest BCUT2D eigenvalue weighted by molar-refractivity contribution is -0.121. The monoisotopic (exact) mass is 283 g/mol. The van der Waals surface area contributed by atoms with Crippen molar-refractivity contribution in [2.45, 2.75) is 39.7 Å². The second-order valence-corrected chi connectivity index (χ2v) is 4.20. The Morgan fingerprint density at radius 3 is 2.42 bits per heavy atom. The Hall–Kier alpha value is 0.200. The zero-order chi connectivity index (χ0) is 9.56. The summed E-state index contributed by atoms with van der Waals surface area (Å²) in [6.07, 6.45) is 1.58. The van der Waals surface area contributed by atoms with E-state index >= 15 is 0 Å². The summed E-state index contributed by atoms with van der Waals surface area (Å²) in [4.78, 5) is 11.2. The van der Waals surface area contributed by atoms with Crippen LogP contribution in [0.15, 0.2) is 0 Å². The largest absolute Gasteiger partial charge is 0.352 e. The molecule has 72 valence electrons. The first-order valence-electron chi connectivity index (χ1n) is 4.47. The second-order valence-electron chi connectivity index (χ2n) is 3.32. The molecule has 0 aromatic heterocycles. The van der Waals surface area contributed by atoms with E-state index in [1.807, 2.05) is 6.92 Å². The molecule has 1 unspecified atom stereocenters. The number of halogens is 1. The van der Waals surface area contributed by atoms with Gasteiger partial charge in [0.1, 0.15) is 0 Å². The molecular weight excluding hydrogens is 265 g/mol. The van der Waals surface area contributed by atoms with Crippen LogP contribution in [-0.2, 0) is 4.79 Å². The van der Waals surface area contributed by atoms with Crippen LogP contribution in [0.25, 0.3) is 0 Å². The van der Waals surface area contributed by atoms with Crippen molar-refractivity contribution < 1.29 is 4.79 Å². The molecule has 1 N–H and O–H groups in total. The van der Waals surface area contributed by atoms with E-state index in [4.69, 9.17) is 0 Å². The number of amides is 1. The van der Waals surface area contributed by atoms with Crippen molar-refractivity contribution in [1.82, 2.24) is 5.32 Å². The minimum Gasteiger partial charge on any atom is -0.352 e. The molecule has 3 heteroatoms. The molecule has 0 rings (SSSR count).